The molecule has 2 unspecified atom stereocenters. The fourth-order valence-electron chi connectivity index (χ4n) is 2.95. The highest BCUT2D eigenvalue weighted by atomic mass is 35.5. The number of methoxy groups -OCH3 is 1. The topological polar surface area (TPSA) is 74.7 Å². The van der Waals surface area contributed by atoms with Crippen molar-refractivity contribution in [3.63, 3.8) is 0 Å². The van der Waals surface area contributed by atoms with Gasteiger partial charge in [0.25, 0.3) is 0 Å². The van der Waals surface area contributed by atoms with Crippen LogP contribution >= 0.6 is 11.6 Å². The lowest BCUT2D eigenvalue weighted by Crippen LogP contribution is -2.38. The Hall–Kier alpha value is -2.59. The second-order valence-electron chi connectivity index (χ2n) is 5.77. The second-order valence-corrected chi connectivity index (χ2v) is 6.17. The number of hydrazine groups is 1. The minimum Gasteiger partial charge on any atom is -0.496 e. The molecule has 1 saturated heterocycles. The van der Waals surface area contributed by atoms with E-state index >= 15 is 0 Å². The van der Waals surface area contributed by atoms with Gasteiger partial charge in [0.15, 0.2) is 0 Å². The summed E-state index contributed by atoms with van der Waals surface area (Å²) < 4.78 is 5.40. The maximum Gasteiger partial charge on any atom is 0.246 e. The Balaban J connectivity index is 1.93. The lowest BCUT2D eigenvalue weighted by atomic mass is 9.95. The van der Waals surface area contributed by atoms with E-state index in [0.29, 0.717) is 21.9 Å². The number of amides is 1. The molecule has 7 heteroatoms. The smallest absolute Gasteiger partial charge is 0.246 e. The molecule has 134 valence electrons. The lowest BCUT2D eigenvalue weighted by molar-refractivity contribution is -0.122. The summed E-state index contributed by atoms with van der Waals surface area (Å²) in [6.07, 6.45) is 0.545. The van der Waals surface area contributed by atoms with Crippen LogP contribution in [0.15, 0.2) is 36.5 Å². The van der Waals surface area contributed by atoms with Crippen molar-refractivity contribution in [3.8, 4) is 17.6 Å². The van der Waals surface area contributed by atoms with Gasteiger partial charge in [-0.1, -0.05) is 23.6 Å². The Morgan fingerprint density at radius 1 is 1.42 bits per heavy atom. The molecule has 1 aliphatic rings. The first-order chi connectivity index (χ1) is 12.5. The number of aliphatic hydroxyl groups excluding tert-OH is 1. The molecule has 0 saturated carbocycles. The van der Waals surface area contributed by atoms with E-state index in [0.717, 1.165) is 5.69 Å². The van der Waals surface area contributed by atoms with Crippen LogP contribution in [0, 0.1) is 11.8 Å². The van der Waals surface area contributed by atoms with E-state index in [1.807, 2.05) is 12.1 Å². The fraction of sp³-hybridized carbons (Fsp3) is 0.263. The van der Waals surface area contributed by atoms with Gasteiger partial charge in [-0.2, -0.15) is 5.01 Å². The summed E-state index contributed by atoms with van der Waals surface area (Å²) in [5.41, 5.74) is 4.51. The SMILES string of the molecule is CC#Cc1cc(Cl)c(C2C(=O)NN(Cc3ccccn3)C2O)c(OC)c1. The number of pyridine rings is 1. The Morgan fingerprint density at radius 3 is 2.88 bits per heavy atom. The summed E-state index contributed by atoms with van der Waals surface area (Å²) >= 11 is 6.40. The van der Waals surface area contributed by atoms with E-state index in [-0.39, 0.29) is 12.5 Å². The van der Waals surface area contributed by atoms with Gasteiger partial charge in [-0.15, -0.1) is 5.92 Å². The number of ether oxygens (including phenoxy) is 1. The van der Waals surface area contributed by atoms with Crippen LogP contribution in [-0.4, -0.2) is 34.3 Å². The van der Waals surface area contributed by atoms with E-state index in [9.17, 15) is 9.90 Å². The zero-order valence-electron chi connectivity index (χ0n) is 14.4. The zero-order valence-corrected chi connectivity index (χ0v) is 15.1. The first kappa shape index (κ1) is 18.2. The van der Waals surface area contributed by atoms with Gasteiger partial charge >= 0.3 is 0 Å². The van der Waals surface area contributed by atoms with Crippen LogP contribution in [0.5, 0.6) is 5.75 Å². The zero-order chi connectivity index (χ0) is 18.7. The largest absolute Gasteiger partial charge is 0.496 e. The molecule has 2 atom stereocenters. The number of nitrogens with zero attached hydrogens (tertiary/aromatic N) is 2. The molecule has 0 radical (unpaired) electrons. The molecule has 0 aliphatic carbocycles. The summed E-state index contributed by atoms with van der Waals surface area (Å²) in [6.45, 7) is 1.99. The average Bonchev–Trinajstić information content (AvgIpc) is 2.89. The van der Waals surface area contributed by atoms with E-state index in [1.165, 1.54) is 12.1 Å². The number of carbonyl (C=O) groups is 1. The van der Waals surface area contributed by atoms with Crippen LogP contribution in [0.2, 0.25) is 5.02 Å². The van der Waals surface area contributed by atoms with Crippen molar-refractivity contribution in [1.29, 1.82) is 0 Å². The maximum absolute atomic E-state index is 12.5. The first-order valence-corrected chi connectivity index (χ1v) is 8.38. The van der Waals surface area contributed by atoms with Gasteiger partial charge in [0.2, 0.25) is 5.91 Å². The number of halogens is 1. The quantitative estimate of drug-likeness (QED) is 0.805. The molecule has 1 aliphatic heterocycles. The Labute approximate surface area is 156 Å². The molecule has 1 aromatic carbocycles. The van der Waals surface area contributed by atoms with Crippen molar-refractivity contribution >= 4 is 17.5 Å². The standard InChI is InChI=1S/C19H18ClN3O3/c1-3-6-12-9-14(20)16(15(10-12)26-2)17-18(24)22-23(19(17)25)11-13-7-4-5-8-21-13/h4-5,7-10,17,19,25H,11H2,1-2H3,(H,22,24). The number of hydrogen-bond donors (Lipinski definition) is 2. The third-order valence-electron chi connectivity index (χ3n) is 4.10. The second kappa shape index (κ2) is 7.75. The van der Waals surface area contributed by atoms with E-state index in [2.05, 4.69) is 22.3 Å². The fourth-order valence-corrected chi connectivity index (χ4v) is 3.28. The number of aliphatic hydroxyl groups is 1. The molecule has 0 bridgehead atoms. The summed E-state index contributed by atoms with van der Waals surface area (Å²) in [4.78, 5) is 16.8. The molecule has 6 nitrogen and oxygen atoms in total. The highest BCUT2D eigenvalue weighted by molar-refractivity contribution is 6.32. The highest BCUT2D eigenvalue weighted by Crippen LogP contribution is 2.39. The van der Waals surface area contributed by atoms with E-state index in [1.54, 1.807) is 31.3 Å². The first-order valence-electron chi connectivity index (χ1n) is 8.00. The van der Waals surface area contributed by atoms with Crippen molar-refractivity contribution < 1.29 is 14.6 Å². The van der Waals surface area contributed by atoms with Crippen LogP contribution in [0.4, 0.5) is 0 Å². The van der Waals surface area contributed by atoms with Gasteiger partial charge in [-0.3, -0.25) is 15.2 Å². The lowest BCUT2D eigenvalue weighted by Gasteiger charge is -2.22. The predicted molar refractivity (Wildman–Crippen MR) is 97.2 cm³/mol. The van der Waals surface area contributed by atoms with Crippen molar-refractivity contribution in [3.05, 3.63) is 58.4 Å². The van der Waals surface area contributed by atoms with E-state index < -0.39 is 12.1 Å². The summed E-state index contributed by atoms with van der Waals surface area (Å²) in [5.74, 6) is 4.87. The highest BCUT2D eigenvalue weighted by Gasteiger charge is 2.43. The molecule has 1 fully saturated rings. The van der Waals surface area contributed by atoms with Crippen LogP contribution in [0.1, 0.15) is 29.7 Å². The Kier molecular flexibility index (Phi) is 5.43. The van der Waals surface area contributed by atoms with Crippen LogP contribution in [0.25, 0.3) is 0 Å². The van der Waals surface area contributed by atoms with Crippen molar-refractivity contribution in [1.82, 2.24) is 15.4 Å². The molecule has 1 aromatic heterocycles. The van der Waals surface area contributed by atoms with Crippen LogP contribution < -0.4 is 10.2 Å². The monoisotopic (exact) mass is 371 g/mol. The summed E-state index contributed by atoms with van der Waals surface area (Å²) in [5, 5.41) is 12.5. The van der Waals surface area contributed by atoms with Gasteiger partial charge in [-0.05, 0) is 31.2 Å². The average molecular weight is 372 g/mol. The third kappa shape index (κ3) is 3.51. The molecule has 3 rings (SSSR count). The Morgan fingerprint density at radius 2 is 2.23 bits per heavy atom. The third-order valence-corrected chi connectivity index (χ3v) is 4.42. The number of carbonyl (C=O) groups excluding carboxylic acids is 1. The summed E-state index contributed by atoms with van der Waals surface area (Å²) in [6, 6.07) is 8.84. The molecule has 2 N–H and O–H groups in total. The van der Waals surface area contributed by atoms with Crippen LogP contribution in [0.3, 0.4) is 0 Å². The molecule has 1 amide bonds. The molecular weight excluding hydrogens is 354 g/mol. The minimum atomic E-state index is -1.11. The molecule has 0 spiro atoms. The summed E-state index contributed by atoms with van der Waals surface area (Å²) in [7, 11) is 1.49. The normalized spacial score (nSPS) is 19.6. The number of rotatable bonds is 4. The van der Waals surface area contributed by atoms with Crippen molar-refractivity contribution in [2.75, 3.05) is 7.11 Å². The van der Waals surface area contributed by atoms with Gasteiger partial charge in [0.05, 0.1) is 19.3 Å². The van der Waals surface area contributed by atoms with Crippen LogP contribution in [-0.2, 0) is 11.3 Å². The molecule has 2 heterocycles. The molecule has 2 aromatic rings. The maximum atomic E-state index is 12.5. The molecule has 26 heavy (non-hydrogen) atoms. The van der Waals surface area contributed by atoms with Gasteiger partial charge < -0.3 is 9.84 Å². The Bertz CT molecular complexity index is 877. The van der Waals surface area contributed by atoms with Gasteiger partial charge in [0, 0.05) is 22.3 Å². The van der Waals surface area contributed by atoms with E-state index in [4.69, 9.17) is 16.3 Å². The number of nitrogens with one attached hydrogen (secondary N) is 1. The van der Waals surface area contributed by atoms with Crippen molar-refractivity contribution in [2.24, 2.45) is 0 Å². The minimum absolute atomic E-state index is 0.267. The van der Waals surface area contributed by atoms with Gasteiger partial charge in [-0.25, -0.2) is 0 Å². The number of hydrogen-bond acceptors (Lipinski definition) is 5. The predicted octanol–water partition coefficient (Wildman–Crippen LogP) is 2.06. The number of aromatic nitrogens is 1. The molecular formula is C19H18ClN3O3. The van der Waals surface area contributed by atoms with Crippen molar-refractivity contribution in [2.45, 2.75) is 25.6 Å². The number of benzene rings is 1. The van der Waals surface area contributed by atoms with Gasteiger partial charge in [0.1, 0.15) is 17.9 Å².